The first-order valence-electron chi connectivity index (χ1n) is 11.7. The van der Waals surface area contributed by atoms with Crippen molar-refractivity contribution in [3.63, 3.8) is 0 Å². The summed E-state index contributed by atoms with van der Waals surface area (Å²) in [6.45, 7) is 1.97. The van der Waals surface area contributed by atoms with Gasteiger partial charge < -0.3 is 10.3 Å². The molecule has 0 spiro atoms. The minimum atomic E-state index is -0.0347. The number of fused-ring (bicyclic) bond motifs is 2. The number of para-hydroxylation sites is 1. The second kappa shape index (κ2) is 9.03. The first kappa shape index (κ1) is 21.6. The molecule has 176 valence electrons. The molecule has 1 aromatic carbocycles. The van der Waals surface area contributed by atoms with E-state index in [1.54, 1.807) is 24.8 Å². The zero-order valence-electron chi connectivity index (χ0n) is 19.5. The Morgan fingerprint density at radius 1 is 0.972 bits per heavy atom. The lowest BCUT2D eigenvalue weighted by Crippen LogP contribution is -2.10. The number of amides is 1. The number of nitrogens with one attached hydrogen (secondary N) is 3. The maximum Gasteiger partial charge on any atom is 0.224 e. The fraction of sp³-hybridized carbons (Fsp3) is 0.111. The van der Waals surface area contributed by atoms with Crippen molar-refractivity contribution in [3.05, 3.63) is 73.4 Å². The van der Waals surface area contributed by atoms with Crippen molar-refractivity contribution < 1.29 is 4.79 Å². The van der Waals surface area contributed by atoms with Crippen LogP contribution < -0.4 is 5.32 Å². The molecule has 6 rings (SSSR count). The molecule has 5 heterocycles. The Hall–Kier alpha value is -4.92. The quantitative estimate of drug-likeness (QED) is 0.298. The van der Waals surface area contributed by atoms with E-state index in [0.29, 0.717) is 23.6 Å². The number of hydrogen-bond donors (Lipinski definition) is 3. The number of anilines is 1. The van der Waals surface area contributed by atoms with Gasteiger partial charge in [-0.3, -0.25) is 24.8 Å². The molecule has 0 fully saturated rings. The van der Waals surface area contributed by atoms with E-state index in [9.17, 15) is 4.79 Å². The predicted octanol–water partition coefficient (Wildman–Crippen LogP) is 5.36. The third-order valence-corrected chi connectivity index (χ3v) is 5.95. The van der Waals surface area contributed by atoms with Gasteiger partial charge in [-0.15, -0.1) is 0 Å². The fourth-order valence-corrected chi connectivity index (χ4v) is 4.25. The van der Waals surface area contributed by atoms with Crippen LogP contribution in [0.2, 0.25) is 0 Å². The van der Waals surface area contributed by atoms with Crippen LogP contribution in [0.3, 0.4) is 0 Å². The van der Waals surface area contributed by atoms with Crippen LogP contribution in [-0.2, 0) is 4.79 Å². The summed E-state index contributed by atoms with van der Waals surface area (Å²) in [5, 5.41) is 11.4. The summed E-state index contributed by atoms with van der Waals surface area (Å²) < 4.78 is 0. The summed E-state index contributed by atoms with van der Waals surface area (Å²) in [4.78, 5) is 33.4. The van der Waals surface area contributed by atoms with Crippen LogP contribution in [0.15, 0.2) is 73.4 Å². The maximum absolute atomic E-state index is 12.0. The molecule has 0 atom stereocenters. The molecular formula is C27H22N8O. The van der Waals surface area contributed by atoms with Gasteiger partial charge in [0.1, 0.15) is 5.69 Å². The number of aromatic nitrogens is 7. The Balaban J connectivity index is 1.40. The summed E-state index contributed by atoms with van der Waals surface area (Å²) in [5.74, 6) is 0.621. The third kappa shape index (κ3) is 3.96. The molecule has 9 nitrogen and oxygen atoms in total. The highest BCUT2D eigenvalue weighted by Gasteiger charge is 2.16. The van der Waals surface area contributed by atoms with E-state index in [-0.39, 0.29) is 5.91 Å². The van der Waals surface area contributed by atoms with Gasteiger partial charge in [0.25, 0.3) is 0 Å². The number of nitrogens with zero attached hydrogens (tertiary/aromatic N) is 5. The van der Waals surface area contributed by atoms with Gasteiger partial charge >= 0.3 is 0 Å². The molecule has 9 heteroatoms. The number of aromatic amines is 2. The smallest absolute Gasteiger partial charge is 0.224 e. The van der Waals surface area contributed by atoms with Crippen LogP contribution in [0.4, 0.5) is 5.69 Å². The van der Waals surface area contributed by atoms with Crippen molar-refractivity contribution in [3.8, 4) is 33.9 Å². The van der Waals surface area contributed by atoms with E-state index >= 15 is 0 Å². The highest BCUT2D eigenvalue weighted by molar-refractivity contribution is 5.98. The number of H-pyrrole nitrogens is 2. The van der Waals surface area contributed by atoms with Gasteiger partial charge in [-0.05, 0) is 30.7 Å². The van der Waals surface area contributed by atoms with Crippen molar-refractivity contribution in [1.82, 2.24) is 35.1 Å². The number of pyridine rings is 3. The van der Waals surface area contributed by atoms with Crippen LogP contribution in [0.1, 0.15) is 19.8 Å². The lowest BCUT2D eigenvalue weighted by molar-refractivity contribution is -0.116. The van der Waals surface area contributed by atoms with Gasteiger partial charge in [-0.2, -0.15) is 5.10 Å². The number of hydrogen-bond acceptors (Lipinski definition) is 6. The standard InChI is InChI=1S/C27H22N8O/c1-2-5-24(36)31-18-10-17(13-29-14-18)22-11-20-23(15-30-22)34-35-26(20)27-32-21-8-3-7-19(25(21)33-27)16-6-4-9-28-12-16/h3-4,6-15H,2,5H2,1H3,(H,31,36)(H,32,33)(H,34,35). The average molecular weight is 475 g/mol. The number of imidazole rings is 1. The lowest BCUT2D eigenvalue weighted by Gasteiger charge is -2.06. The zero-order valence-corrected chi connectivity index (χ0v) is 19.5. The molecule has 0 radical (unpaired) electrons. The van der Waals surface area contributed by atoms with Gasteiger partial charge in [0, 0.05) is 47.1 Å². The van der Waals surface area contributed by atoms with Gasteiger partial charge in [0.15, 0.2) is 5.82 Å². The van der Waals surface area contributed by atoms with E-state index in [2.05, 4.69) is 35.5 Å². The Labute approximate surface area is 206 Å². The summed E-state index contributed by atoms with van der Waals surface area (Å²) in [5.41, 5.74) is 7.40. The molecule has 0 saturated carbocycles. The van der Waals surface area contributed by atoms with Crippen molar-refractivity contribution in [2.75, 3.05) is 5.32 Å². The first-order valence-corrected chi connectivity index (χ1v) is 11.7. The zero-order chi connectivity index (χ0) is 24.5. The lowest BCUT2D eigenvalue weighted by atomic mass is 10.1. The molecule has 5 aromatic heterocycles. The SMILES string of the molecule is CCCC(=O)Nc1cncc(-c2cc3c(-c4nc5c(-c6cccnc6)cccc5[nH]4)n[nH]c3cn2)c1. The van der Waals surface area contributed by atoms with Crippen molar-refractivity contribution >= 4 is 33.5 Å². The monoisotopic (exact) mass is 474 g/mol. The van der Waals surface area contributed by atoms with Crippen LogP contribution in [-0.4, -0.2) is 41.0 Å². The molecule has 6 aromatic rings. The molecular weight excluding hydrogens is 452 g/mol. The minimum Gasteiger partial charge on any atom is -0.337 e. The summed E-state index contributed by atoms with van der Waals surface area (Å²) in [7, 11) is 0. The van der Waals surface area contributed by atoms with Crippen LogP contribution >= 0.6 is 0 Å². The van der Waals surface area contributed by atoms with Gasteiger partial charge in [-0.25, -0.2) is 4.98 Å². The van der Waals surface area contributed by atoms with Crippen molar-refractivity contribution in [1.29, 1.82) is 0 Å². The largest absolute Gasteiger partial charge is 0.337 e. The summed E-state index contributed by atoms with van der Waals surface area (Å²) >= 11 is 0. The molecule has 1 amide bonds. The Bertz CT molecular complexity index is 1700. The highest BCUT2D eigenvalue weighted by atomic mass is 16.1. The Morgan fingerprint density at radius 2 is 1.89 bits per heavy atom. The molecule has 0 saturated heterocycles. The fourth-order valence-electron chi connectivity index (χ4n) is 4.25. The topological polar surface area (TPSA) is 125 Å². The molecule has 36 heavy (non-hydrogen) atoms. The molecule has 0 unspecified atom stereocenters. The normalized spacial score (nSPS) is 11.2. The summed E-state index contributed by atoms with van der Waals surface area (Å²) in [6, 6.07) is 13.8. The molecule has 0 aliphatic rings. The number of carbonyl (C=O) groups is 1. The van der Waals surface area contributed by atoms with E-state index in [1.807, 2.05) is 55.6 Å². The second-order valence-corrected chi connectivity index (χ2v) is 8.48. The molecule has 3 N–H and O–H groups in total. The van der Waals surface area contributed by atoms with Crippen LogP contribution in [0.5, 0.6) is 0 Å². The van der Waals surface area contributed by atoms with Gasteiger partial charge in [-0.1, -0.05) is 25.1 Å². The van der Waals surface area contributed by atoms with E-state index in [1.165, 1.54) is 0 Å². The Kier molecular flexibility index (Phi) is 5.42. The number of carbonyl (C=O) groups excluding carboxylic acids is 1. The van der Waals surface area contributed by atoms with Crippen molar-refractivity contribution in [2.45, 2.75) is 19.8 Å². The number of rotatable bonds is 6. The average Bonchev–Trinajstić information content (AvgIpc) is 3.53. The maximum atomic E-state index is 12.0. The van der Waals surface area contributed by atoms with Crippen LogP contribution in [0, 0.1) is 0 Å². The van der Waals surface area contributed by atoms with E-state index in [4.69, 9.17) is 4.98 Å². The Morgan fingerprint density at radius 3 is 2.75 bits per heavy atom. The second-order valence-electron chi connectivity index (χ2n) is 8.48. The highest BCUT2D eigenvalue weighted by Crippen LogP contribution is 2.32. The number of benzene rings is 1. The molecule has 0 aliphatic carbocycles. The molecule has 0 bridgehead atoms. The van der Waals surface area contributed by atoms with Gasteiger partial charge in [0.05, 0.1) is 40.3 Å². The summed E-state index contributed by atoms with van der Waals surface area (Å²) in [6.07, 6.45) is 9.94. The van der Waals surface area contributed by atoms with Crippen LogP contribution in [0.25, 0.3) is 55.8 Å². The first-order chi connectivity index (χ1) is 17.7. The van der Waals surface area contributed by atoms with Gasteiger partial charge in [0.2, 0.25) is 5.91 Å². The molecule has 0 aliphatic heterocycles. The van der Waals surface area contributed by atoms with E-state index < -0.39 is 0 Å². The predicted molar refractivity (Wildman–Crippen MR) is 139 cm³/mol. The third-order valence-electron chi connectivity index (χ3n) is 5.95. The minimum absolute atomic E-state index is 0.0347. The van der Waals surface area contributed by atoms with Crippen molar-refractivity contribution in [2.24, 2.45) is 0 Å². The van der Waals surface area contributed by atoms with E-state index in [0.717, 1.165) is 50.7 Å².